The monoisotopic (exact) mass is 272 g/mol. The molecular formula is C17H24N2O. The molecule has 0 saturated carbocycles. The fourth-order valence-electron chi connectivity index (χ4n) is 2.88. The number of fused-ring (bicyclic) bond motifs is 1. The Morgan fingerprint density at radius 1 is 1.25 bits per heavy atom. The summed E-state index contributed by atoms with van der Waals surface area (Å²) in [5, 5.41) is 5.83. The molecule has 2 atom stereocenters. The standard InChI is InChI=1S/C17H24N2O/c1-5-17(3,20-6-2)16(18-4)15-12-19-11-13-9-7-8-10-14(13)15/h7-12,16,18H,5-6H2,1-4H3. The number of hydrogen-bond donors (Lipinski definition) is 1. The van der Waals surface area contributed by atoms with Crippen molar-refractivity contribution in [3.63, 3.8) is 0 Å². The lowest BCUT2D eigenvalue weighted by molar-refractivity contribution is -0.0544. The zero-order valence-electron chi connectivity index (χ0n) is 12.8. The van der Waals surface area contributed by atoms with Gasteiger partial charge < -0.3 is 10.1 Å². The van der Waals surface area contributed by atoms with Gasteiger partial charge in [-0.15, -0.1) is 0 Å². The first-order valence-electron chi connectivity index (χ1n) is 7.30. The van der Waals surface area contributed by atoms with Crippen LogP contribution in [0.15, 0.2) is 36.7 Å². The molecule has 0 radical (unpaired) electrons. The second-order valence-corrected chi connectivity index (χ2v) is 5.27. The average Bonchev–Trinajstić information content (AvgIpc) is 2.48. The zero-order chi connectivity index (χ0) is 14.6. The molecular weight excluding hydrogens is 248 g/mol. The van der Waals surface area contributed by atoms with Crippen molar-refractivity contribution >= 4 is 10.8 Å². The van der Waals surface area contributed by atoms with Crippen LogP contribution in [0.2, 0.25) is 0 Å². The summed E-state index contributed by atoms with van der Waals surface area (Å²) in [7, 11) is 1.99. The van der Waals surface area contributed by atoms with Gasteiger partial charge in [-0.1, -0.05) is 31.2 Å². The largest absolute Gasteiger partial charge is 0.374 e. The number of pyridine rings is 1. The van der Waals surface area contributed by atoms with E-state index in [9.17, 15) is 0 Å². The van der Waals surface area contributed by atoms with E-state index in [0.717, 1.165) is 6.42 Å². The van der Waals surface area contributed by atoms with Crippen molar-refractivity contribution in [2.24, 2.45) is 0 Å². The molecule has 108 valence electrons. The highest BCUT2D eigenvalue weighted by molar-refractivity contribution is 5.85. The van der Waals surface area contributed by atoms with Crippen LogP contribution in [0.1, 0.15) is 38.8 Å². The summed E-state index contributed by atoms with van der Waals surface area (Å²) in [5.74, 6) is 0. The highest BCUT2D eigenvalue weighted by atomic mass is 16.5. The lowest BCUT2D eigenvalue weighted by atomic mass is 9.86. The average molecular weight is 272 g/mol. The molecule has 20 heavy (non-hydrogen) atoms. The Morgan fingerprint density at radius 2 is 2.00 bits per heavy atom. The summed E-state index contributed by atoms with van der Waals surface area (Å²) in [6, 6.07) is 8.49. The highest BCUT2D eigenvalue weighted by Gasteiger charge is 2.34. The van der Waals surface area contributed by atoms with Gasteiger partial charge in [-0.05, 0) is 38.3 Å². The molecule has 0 fully saturated rings. The normalized spacial score (nSPS) is 16.0. The second-order valence-electron chi connectivity index (χ2n) is 5.27. The van der Waals surface area contributed by atoms with Crippen LogP contribution in [0, 0.1) is 0 Å². The predicted octanol–water partition coefficient (Wildman–Crippen LogP) is 3.70. The maximum absolute atomic E-state index is 6.04. The number of nitrogens with one attached hydrogen (secondary N) is 1. The lowest BCUT2D eigenvalue weighted by Gasteiger charge is -2.37. The van der Waals surface area contributed by atoms with E-state index >= 15 is 0 Å². The van der Waals surface area contributed by atoms with Crippen molar-refractivity contribution in [1.82, 2.24) is 10.3 Å². The van der Waals surface area contributed by atoms with Crippen LogP contribution in [0.4, 0.5) is 0 Å². The Labute approximate surface area is 121 Å². The molecule has 0 aliphatic heterocycles. The molecule has 1 heterocycles. The number of aromatic nitrogens is 1. The first-order chi connectivity index (χ1) is 9.66. The van der Waals surface area contributed by atoms with Gasteiger partial charge in [0.1, 0.15) is 0 Å². The summed E-state index contributed by atoms with van der Waals surface area (Å²) >= 11 is 0. The van der Waals surface area contributed by atoms with Crippen LogP contribution in [0.25, 0.3) is 10.8 Å². The molecule has 3 nitrogen and oxygen atoms in total. The van der Waals surface area contributed by atoms with Gasteiger partial charge in [0.15, 0.2) is 0 Å². The summed E-state index contributed by atoms with van der Waals surface area (Å²) < 4.78 is 6.04. The van der Waals surface area contributed by atoms with Crippen molar-refractivity contribution in [3.8, 4) is 0 Å². The van der Waals surface area contributed by atoms with Crippen LogP contribution in [0.5, 0.6) is 0 Å². The minimum absolute atomic E-state index is 0.117. The number of benzene rings is 1. The van der Waals surface area contributed by atoms with E-state index in [-0.39, 0.29) is 11.6 Å². The van der Waals surface area contributed by atoms with Gasteiger partial charge in [0.05, 0.1) is 11.6 Å². The topological polar surface area (TPSA) is 34.1 Å². The van der Waals surface area contributed by atoms with Crippen molar-refractivity contribution < 1.29 is 4.74 Å². The number of ether oxygens (including phenoxy) is 1. The molecule has 0 bridgehead atoms. The summed E-state index contributed by atoms with van der Waals surface area (Å²) in [4.78, 5) is 4.39. The maximum atomic E-state index is 6.04. The summed E-state index contributed by atoms with van der Waals surface area (Å²) in [6.07, 6.45) is 4.81. The molecule has 0 saturated heterocycles. The van der Waals surface area contributed by atoms with Gasteiger partial charge in [0, 0.05) is 24.4 Å². The number of nitrogens with zero attached hydrogens (tertiary/aromatic N) is 1. The number of likely N-dealkylation sites (N-methyl/N-ethyl adjacent to an activating group) is 1. The first kappa shape index (κ1) is 14.9. The zero-order valence-corrected chi connectivity index (χ0v) is 12.8. The van der Waals surface area contributed by atoms with Crippen molar-refractivity contribution in [2.75, 3.05) is 13.7 Å². The molecule has 1 aromatic carbocycles. The minimum Gasteiger partial charge on any atom is -0.374 e. The molecule has 0 aliphatic carbocycles. The summed E-state index contributed by atoms with van der Waals surface area (Å²) in [5.41, 5.74) is 0.957. The predicted molar refractivity (Wildman–Crippen MR) is 83.9 cm³/mol. The van der Waals surface area contributed by atoms with Crippen LogP contribution in [-0.2, 0) is 4.74 Å². The fourth-order valence-corrected chi connectivity index (χ4v) is 2.88. The lowest BCUT2D eigenvalue weighted by Crippen LogP contribution is -2.42. The number of hydrogen-bond acceptors (Lipinski definition) is 3. The van der Waals surface area contributed by atoms with Crippen molar-refractivity contribution in [2.45, 2.75) is 38.8 Å². The SMILES string of the molecule is CCOC(C)(CC)C(NC)c1cncc2ccccc12. The molecule has 0 spiro atoms. The van der Waals surface area contributed by atoms with Crippen molar-refractivity contribution in [3.05, 3.63) is 42.2 Å². The second kappa shape index (κ2) is 6.33. The third kappa shape index (κ3) is 2.69. The van der Waals surface area contributed by atoms with E-state index in [1.54, 1.807) is 0 Å². The van der Waals surface area contributed by atoms with Gasteiger partial charge in [-0.25, -0.2) is 0 Å². The molecule has 1 N–H and O–H groups in total. The van der Waals surface area contributed by atoms with E-state index < -0.39 is 0 Å². The van der Waals surface area contributed by atoms with Crippen LogP contribution < -0.4 is 5.32 Å². The third-order valence-electron chi connectivity index (χ3n) is 4.09. The smallest absolute Gasteiger partial charge is 0.0846 e. The summed E-state index contributed by atoms with van der Waals surface area (Å²) in [6.45, 7) is 7.08. The van der Waals surface area contributed by atoms with E-state index in [4.69, 9.17) is 4.74 Å². The van der Waals surface area contributed by atoms with E-state index in [2.05, 4.69) is 42.3 Å². The van der Waals surface area contributed by atoms with Gasteiger partial charge in [0.2, 0.25) is 0 Å². The maximum Gasteiger partial charge on any atom is 0.0846 e. The number of rotatable bonds is 6. The van der Waals surface area contributed by atoms with E-state index in [0.29, 0.717) is 6.61 Å². The third-order valence-corrected chi connectivity index (χ3v) is 4.09. The van der Waals surface area contributed by atoms with Gasteiger partial charge >= 0.3 is 0 Å². The Bertz CT molecular complexity index is 564. The first-order valence-corrected chi connectivity index (χ1v) is 7.30. The molecule has 0 amide bonds. The van der Waals surface area contributed by atoms with E-state index in [1.807, 2.05) is 32.4 Å². The molecule has 2 unspecified atom stereocenters. The van der Waals surface area contributed by atoms with Crippen molar-refractivity contribution in [1.29, 1.82) is 0 Å². The molecule has 2 rings (SSSR count). The van der Waals surface area contributed by atoms with Gasteiger partial charge in [0.25, 0.3) is 0 Å². The minimum atomic E-state index is -0.241. The molecule has 1 aromatic heterocycles. The molecule has 0 aliphatic rings. The van der Waals surface area contributed by atoms with Gasteiger partial charge in [-0.3, -0.25) is 4.98 Å². The Morgan fingerprint density at radius 3 is 2.65 bits per heavy atom. The van der Waals surface area contributed by atoms with E-state index in [1.165, 1.54) is 16.3 Å². The molecule has 3 heteroatoms. The highest BCUT2D eigenvalue weighted by Crippen LogP contribution is 2.35. The van der Waals surface area contributed by atoms with Crippen LogP contribution in [0.3, 0.4) is 0 Å². The van der Waals surface area contributed by atoms with Gasteiger partial charge in [-0.2, -0.15) is 0 Å². The Kier molecular flexibility index (Phi) is 4.73. The molecule has 2 aromatic rings. The fraction of sp³-hybridized carbons (Fsp3) is 0.471. The van der Waals surface area contributed by atoms with Crippen LogP contribution in [-0.4, -0.2) is 24.2 Å². The Hall–Kier alpha value is -1.45. The Balaban J connectivity index is 2.54. The quantitative estimate of drug-likeness (QED) is 0.870. The van der Waals surface area contributed by atoms with Crippen LogP contribution >= 0.6 is 0 Å².